The van der Waals surface area contributed by atoms with Crippen LogP contribution in [0.5, 0.6) is 0 Å². The predicted molar refractivity (Wildman–Crippen MR) is 67.1 cm³/mol. The lowest BCUT2D eigenvalue weighted by Gasteiger charge is -2.23. The van der Waals surface area contributed by atoms with Crippen molar-refractivity contribution < 1.29 is 4.79 Å². The van der Waals surface area contributed by atoms with Crippen molar-refractivity contribution >= 4 is 16.8 Å². The Bertz CT molecular complexity index is 567. The molecule has 1 fully saturated rings. The number of carbonyl (C=O) groups excluding carboxylic acids is 1. The quantitative estimate of drug-likeness (QED) is 0.757. The van der Waals surface area contributed by atoms with Crippen molar-refractivity contribution in [3.05, 3.63) is 30.1 Å². The van der Waals surface area contributed by atoms with Crippen LogP contribution in [-0.4, -0.2) is 15.3 Å². The first-order valence-electron chi connectivity index (χ1n) is 6.28. The van der Waals surface area contributed by atoms with Gasteiger partial charge in [-0.15, -0.1) is 0 Å². The molecule has 3 heteroatoms. The van der Waals surface area contributed by atoms with Gasteiger partial charge in [0.2, 0.25) is 0 Å². The third kappa shape index (κ3) is 1.66. The Hall–Kier alpha value is -1.64. The van der Waals surface area contributed by atoms with Gasteiger partial charge in [0.15, 0.2) is 5.78 Å². The molecule has 0 spiro atoms. The Morgan fingerprint density at radius 3 is 2.94 bits per heavy atom. The second-order valence-corrected chi connectivity index (χ2v) is 4.73. The van der Waals surface area contributed by atoms with Crippen LogP contribution >= 0.6 is 0 Å². The lowest BCUT2D eigenvalue weighted by Crippen LogP contribution is -2.21. The van der Waals surface area contributed by atoms with E-state index in [1.165, 1.54) is 6.42 Å². The van der Waals surface area contributed by atoms with E-state index in [2.05, 4.69) is 16.5 Å². The zero-order chi connectivity index (χ0) is 11.8. The summed E-state index contributed by atoms with van der Waals surface area (Å²) in [5, 5.41) is 0. The van der Waals surface area contributed by atoms with E-state index in [1.54, 1.807) is 0 Å². The van der Waals surface area contributed by atoms with Crippen molar-refractivity contribution in [1.82, 2.24) is 9.55 Å². The van der Waals surface area contributed by atoms with E-state index < -0.39 is 0 Å². The molecule has 1 saturated carbocycles. The van der Waals surface area contributed by atoms with Crippen LogP contribution in [0.15, 0.2) is 24.5 Å². The number of hydrogen-bond donors (Lipinski definition) is 0. The number of ketones is 1. The zero-order valence-electron chi connectivity index (χ0n) is 10.0. The second-order valence-electron chi connectivity index (χ2n) is 4.73. The fraction of sp³-hybridized carbons (Fsp3) is 0.429. The summed E-state index contributed by atoms with van der Waals surface area (Å²) in [4.78, 5) is 16.5. The first kappa shape index (κ1) is 10.5. The Morgan fingerprint density at radius 2 is 2.29 bits per heavy atom. The van der Waals surface area contributed by atoms with Crippen molar-refractivity contribution in [1.29, 1.82) is 0 Å². The molecule has 17 heavy (non-hydrogen) atoms. The average Bonchev–Trinajstić information content (AvgIpc) is 2.68. The maximum atomic E-state index is 12.1. The van der Waals surface area contributed by atoms with Gasteiger partial charge in [-0.25, -0.2) is 4.98 Å². The highest BCUT2D eigenvalue weighted by atomic mass is 16.1. The molecule has 1 heterocycles. The molecule has 1 aliphatic carbocycles. The van der Waals surface area contributed by atoms with Gasteiger partial charge >= 0.3 is 0 Å². The molecule has 88 valence electrons. The summed E-state index contributed by atoms with van der Waals surface area (Å²) in [7, 11) is 0. The van der Waals surface area contributed by atoms with Gasteiger partial charge in [0.05, 0.1) is 17.4 Å². The van der Waals surface area contributed by atoms with Gasteiger partial charge < -0.3 is 4.57 Å². The van der Waals surface area contributed by atoms with E-state index >= 15 is 0 Å². The second kappa shape index (κ2) is 3.99. The first-order valence-corrected chi connectivity index (χ1v) is 6.28. The van der Waals surface area contributed by atoms with Crippen LogP contribution in [0.3, 0.4) is 0 Å². The van der Waals surface area contributed by atoms with Crippen molar-refractivity contribution in [3.8, 4) is 0 Å². The molecule has 0 aliphatic heterocycles. The summed E-state index contributed by atoms with van der Waals surface area (Å²) in [6, 6.07) is 5.89. The van der Waals surface area contributed by atoms with Gasteiger partial charge in [-0.1, -0.05) is 6.42 Å². The summed E-state index contributed by atoms with van der Waals surface area (Å²) in [5.41, 5.74) is 2.86. The molecule has 3 nitrogen and oxygen atoms in total. The van der Waals surface area contributed by atoms with Gasteiger partial charge in [0, 0.05) is 18.0 Å². The Morgan fingerprint density at radius 1 is 1.47 bits per heavy atom. The molecule has 0 radical (unpaired) electrons. The average molecular weight is 228 g/mol. The van der Waals surface area contributed by atoms with E-state index in [1.807, 2.05) is 24.5 Å². The topological polar surface area (TPSA) is 34.9 Å². The van der Waals surface area contributed by atoms with E-state index in [0.717, 1.165) is 36.0 Å². The zero-order valence-corrected chi connectivity index (χ0v) is 10.0. The maximum Gasteiger partial charge on any atom is 0.166 e. The highest BCUT2D eigenvalue weighted by Gasteiger charge is 2.26. The summed E-state index contributed by atoms with van der Waals surface area (Å²) in [5.74, 6) is 0.560. The number of aromatic nitrogens is 2. The van der Waals surface area contributed by atoms with Crippen LogP contribution in [0.1, 0.15) is 36.5 Å². The Balaban J connectivity index is 1.98. The molecule has 3 rings (SSSR count). The minimum Gasteiger partial charge on any atom is -0.331 e. The number of Topliss-reactive ketones (excluding diaryl/α,β-unsaturated/α-hetero) is 1. The minimum atomic E-state index is 0.265. The number of carbonyl (C=O) groups is 1. The fourth-order valence-electron chi connectivity index (χ4n) is 2.38. The van der Waals surface area contributed by atoms with Crippen LogP contribution in [0, 0.1) is 5.92 Å². The third-order valence-electron chi connectivity index (χ3n) is 3.72. The van der Waals surface area contributed by atoms with Crippen molar-refractivity contribution in [2.75, 3.05) is 0 Å². The van der Waals surface area contributed by atoms with E-state index in [9.17, 15) is 4.79 Å². The number of imidazole rings is 1. The van der Waals surface area contributed by atoms with Crippen LogP contribution in [0.4, 0.5) is 0 Å². The molecule has 1 aromatic heterocycles. The number of benzene rings is 1. The molecule has 0 N–H and O–H groups in total. The SMILES string of the molecule is CCn1cnc2cc(C(=O)C3CCC3)ccc21. The molecule has 0 bridgehead atoms. The number of rotatable bonds is 3. The molecular weight excluding hydrogens is 212 g/mol. The maximum absolute atomic E-state index is 12.1. The first-order chi connectivity index (χ1) is 8.29. The van der Waals surface area contributed by atoms with Crippen molar-refractivity contribution in [2.45, 2.75) is 32.7 Å². The summed E-state index contributed by atoms with van der Waals surface area (Å²) >= 11 is 0. The highest BCUT2D eigenvalue weighted by molar-refractivity contribution is 6.00. The molecule has 0 unspecified atom stereocenters. The van der Waals surface area contributed by atoms with Gasteiger partial charge in [0.25, 0.3) is 0 Å². The number of aryl methyl sites for hydroxylation is 1. The number of fused-ring (bicyclic) bond motifs is 1. The van der Waals surface area contributed by atoms with E-state index in [-0.39, 0.29) is 5.92 Å². The Labute approximate surface area is 100 Å². The van der Waals surface area contributed by atoms with E-state index in [4.69, 9.17) is 0 Å². The van der Waals surface area contributed by atoms with Crippen LogP contribution < -0.4 is 0 Å². The van der Waals surface area contributed by atoms with Gasteiger partial charge in [-0.3, -0.25) is 4.79 Å². The van der Waals surface area contributed by atoms with Crippen LogP contribution in [-0.2, 0) is 6.54 Å². The molecule has 0 amide bonds. The molecule has 2 aromatic rings. The van der Waals surface area contributed by atoms with Crippen LogP contribution in [0.2, 0.25) is 0 Å². The largest absolute Gasteiger partial charge is 0.331 e. The predicted octanol–water partition coefficient (Wildman–Crippen LogP) is 3.04. The molecular formula is C14H16N2O. The molecule has 1 aliphatic rings. The third-order valence-corrected chi connectivity index (χ3v) is 3.72. The monoisotopic (exact) mass is 228 g/mol. The van der Waals surface area contributed by atoms with Gasteiger partial charge in [-0.05, 0) is 38.0 Å². The van der Waals surface area contributed by atoms with E-state index in [0.29, 0.717) is 5.78 Å². The molecule has 0 atom stereocenters. The fourth-order valence-corrected chi connectivity index (χ4v) is 2.38. The van der Waals surface area contributed by atoms with Crippen LogP contribution in [0.25, 0.3) is 11.0 Å². The normalized spacial score (nSPS) is 16.1. The summed E-state index contributed by atoms with van der Waals surface area (Å²) in [6.07, 6.45) is 5.14. The summed E-state index contributed by atoms with van der Waals surface area (Å²) in [6.45, 7) is 3.00. The minimum absolute atomic E-state index is 0.265. The number of hydrogen-bond acceptors (Lipinski definition) is 2. The van der Waals surface area contributed by atoms with Crippen molar-refractivity contribution in [2.24, 2.45) is 5.92 Å². The van der Waals surface area contributed by atoms with Crippen molar-refractivity contribution in [3.63, 3.8) is 0 Å². The lowest BCUT2D eigenvalue weighted by molar-refractivity contribution is 0.0855. The smallest absolute Gasteiger partial charge is 0.166 e. The molecule has 0 saturated heterocycles. The highest BCUT2D eigenvalue weighted by Crippen LogP contribution is 2.30. The van der Waals surface area contributed by atoms with Gasteiger partial charge in [0.1, 0.15) is 0 Å². The lowest BCUT2D eigenvalue weighted by atomic mass is 9.80. The Kier molecular flexibility index (Phi) is 2.46. The number of nitrogens with zero attached hydrogens (tertiary/aromatic N) is 2. The standard InChI is InChI=1S/C14H16N2O/c1-2-16-9-15-12-8-11(6-7-13(12)16)14(17)10-4-3-5-10/h6-10H,2-5H2,1H3. The molecule has 1 aromatic carbocycles. The van der Waals surface area contributed by atoms with Gasteiger partial charge in [-0.2, -0.15) is 0 Å². The summed E-state index contributed by atoms with van der Waals surface area (Å²) < 4.78 is 2.09.